The van der Waals surface area contributed by atoms with Gasteiger partial charge < -0.3 is 10.2 Å². The van der Waals surface area contributed by atoms with Crippen LogP contribution in [0.4, 0.5) is 5.82 Å². The predicted molar refractivity (Wildman–Crippen MR) is 91.6 cm³/mol. The maximum Gasteiger partial charge on any atom is 0.222 e. The Labute approximate surface area is 138 Å². The lowest BCUT2D eigenvalue weighted by atomic mass is 10.0. The van der Waals surface area contributed by atoms with E-state index in [0.29, 0.717) is 13.0 Å². The van der Waals surface area contributed by atoms with Gasteiger partial charge in [-0.2, -0.15) is 0 Å². The quantitative estimate of drug-likeness (QED) is 0.787. The Morgan fingerprint density at radius 1 is 1.17 bits per heavy atom. The van der Waals surface area contributed by atoms with Gasteiger partial charge in [-0.15, -0.1) is 11.3 Å². The summed E-state index contributed by atoms with van der Waals surface area (Å²) in [6.07, 6.45) is 2.04. The molecule has 1 amide bonds. The van der Waals surface area contributed by atoms with Crippen molar-refractivity contribution >= 4 is 33.3 Å². The monoisotopic (exact) mass is 324 g/mol. The SMILES string of the molecule is O=C1CC(c2ccccc2)N(c2ncnc3sccc23)CCN1. The number of anilines is 1. The largest absolute Gasteiger partial charge is 0.354 e. The van der Waals surface area contributed by atoms with Crippen LogP contribution >= 0.6 is 11.3 Å². The molecule has 3 aromatic rings. The summed E-state index contributed by atoms with van der Waals surface area (Å²) < 4.78 is 0. The van der Waals surface area contributed by atoms with Gasteiger partial charge in [0.1, 0.15) is 17.0 Å². The van der Waals surface area contributed by atoms with Crippen LogP contribution < -0.4 is 10.2 Å². The Morgan fingerprint density at radius 2 is 2.04 bits per heavy atom. The van der Waals surface area contributed by atoms with Crippen molar-refractivity contribution in [3.8, 4) is 0 Å². The number of aromatic nitrogens is 2. The summed E-state index contributed by atoms with van der Waals surface area (Å²) in [6, 6.07) is 12.2. The molecule has 0 radical (unpaired) electrons. The second-order valence-electron chi connectivity index (χ2n) is 5.51. The number of carbonyl (C=O) groups excluding carboxylic acids is 1. The third-order valence-corrected chi connectivity index (χ3v) is 4.95. The molecule has 1 aliphatic heterocycles. The van der Waals surface area contributed by atoms with Gasteiger partial charge in [0, 0.05) is 13.1 Å². The number of amides is 1. The van der Waals surface area contributed by atoms with Crippen LogP contribution in [0.25, 0.3) is 10.2 Å². The second-order valence-corrected chi connectivity index (χ2v) is 6.41. The molecule has 1 saturated heterocycles. The maximum atomic E-state index is 12.1. The number of nitrogens with zero attached hydrogens (tertiary/aromatic N) is 3. The van der Waals surface area contributed by atoms with Crippen LogP contribution in [-0.2, 0) is 4.79 Å². The summed E-state index contributed by atoms with van der Waals surface area (Å²) in [5.74, 6) is 0.985. The minimum atomic E-state index is -0.0169. The van der Waals surface area contributed by atoms with E-state index in [1.54, 1.807) is 17.7 Å². The summed E-state index contributed by atoms with van der Waals surface area (Å²) in [5, 5.41) is 6.04. The van der Waals surface area contributed by atoms with E-state index in [1.165, 1.54) is 0 Å². The van der Waals surface area contributed by atoms with E-state index in [9.17, 15) is 4.79 Å². The van der Waals surface area contributed by atoms with Crippen molar-refractivity contribution in [1.29, 1.82) is 0 Å². The molecule has 23 heavy (non-hydrogen) atoms. The van der Waals surface area contributed by atoms with Gasteiger partial charge >= 0.3 is 0 Å². The molecule has 5 nitrogen and oxygen atoms in total. The zero-order valence-electron chi connectivity index (χ0n) is 12.5. The summed E-state index contributed by atoms with van der Waals surface area (Å²) in [4.78, 5) is 24.2. The van der Waals surface area contributed by atoms with E-state index in [1.807, 2.05) is 23.6 Å². The standard InChI is InChI=1S/C17H16N4OS/c22-15-10-14(12-4-2-1-3-5-12)21(8-7-18-15)16-13-6-9-23-17(13)20-11-19-16/h1-6,9,11,14H,7-8,10H2,(H,18,22). The van der Waals surface area contributed by atoms with Crippen LogP contribution in [0.1, 0.15) is 18.0 Å². The van der Waals surface area contributed by atoms with Crippen molar-refractivity contribution in [2.45, 2.75) is 12.5 Å². The molecule has 1 unspecified atom stereocenters. The maximum absolute atomic E-state index is 12.1. The molecule has 1 N–H and O–H groups in total. The van der Waals surface area contributed by atoms with Gasteiger partial charge in [-0.1, -0.05) is 30.3 Å². The molecule has 0 bridgehead atoms. The Hall–Kier alpha value is -2.47. The van der Waals surface area contributed by atoms with E-state index in [2.05, 4.69) is 38.4 Å². The highest BCUT2D eigenvalue weighted by Crippen LogP contribution is 2.34. The van der Waals surface area contributed by atoms with Gasteiger partial charge in [-0.05, 0) is 17.0 Å². The fraction of sp³-hybridized carbons (Fsp3) is 0.235. The third kappa shape index (κ3) is 2.66. The molecule has 1 atom stereocenters. The number of hydrogen-bond donors (Lipinski definition) is 1. The zero-order chi connectivity index (χ0) is 15.6. The highest BCUT2D eigenvalue weighted by atomic mass is 32.1. The number of hydrogen-bond acceptors (Lipinski definition) is 5. The molecule has 116 valence electrons. The van der Waals surface area contributed by atoms with Crippen LogP contribution in [0, 0.1) is 0 Å². The van der Waals surface area contributed by atoms with Gasteiger partial charge in [0.25, 0.3) is 0 Å². The van der Waals surface area contributed by atoms with Crippen LogP contribution in [0.15, 0.2) is 48.1 Å². The zero-order valence-corrected chi connectivity index (χ0v) is 13.3. The average Bonchev–Trinajstić information content (AvgIpc) is 2.98. The topological polar surface area (TPSA) is 58.1 Å². The van der Waals surface area contributed by atoms with E-state index in [4.69, 9.17) is 0 Å². The molecule has 1 fully saturated rings. The lowest BCUT2D eigenvalue weighted by molar-refractivity contribution is -0.121. The smallest absolute Gasteiger partial charge is 0.222 e. The fourth-order valence-corrected chi connectivity index (χ4v) is 3.79. The summed E-state index contributed by atoms with van der Waals surface area (Å²) in [6.45, 7) is 1.35. The molecular formula is C17H16N4OS. The molecule has 3 heterocycles. The Bertz CT molecular complexity index is 833. The normalized spacial score (nSPS) is 18.7. The molecule has 4 rings (SSSR count). The number of thiophene rings is 1. The third-order valence-electron chi connectivity index (χ3n) is 4.13. The van der Waals surface area contributed by atoms with E-state index in [-0.39, 0.29) is 11.9 Å². The molecule has 6 heteroatoms. The van der Waals surface area contributed by atoms with Crippen molar-refractivity contribution in [3.05, 3.63) is 53.7 Å². The minimum absolute atomic E-state index is 0.0169. The summed E-state index contributed by atoms with van der Waals surface area (Å²) in [5.41, 5.74) is 1.13. The highest BCUT2D eigenvalue weighted by Gasteiger charge is 2.28. The van der Waals surface area contributed by atoms with E-state index >= 15 is 0 Å². The average molecular weight is 324 g/mol. The Kier molecular flexibility index (Phi) is 3.67. The number of fused-ring (bicyclic) bond motifs is 1. The van der Waals surface area contributed by atoms with Crippen LogP contribution in [0.3, 0.4) is 0 Å². The number of rotatable bonds is 2. The van der Waals surface area contributed by atoms with E-state index < -0.39 is 0 Å². The first-order chi connectivity index (χ1) is 11.3. The highest BCUT2D eigenvalue weighted by molar-refractivity contribution is 7.16. The molecule has 0 spiro atoms. The van der Waals surface area contributed by atoms with Crippen LogP contribution in [0.5, 0.6) is 0 Å². The molecule has 1 aromatic carbocycles. The lowest BCUT2D eigenvalue weighted by Gasteiger charge is -2.30. The second kappa shape index (κ2) is 5.96. The van der Waals surface area contributed by atoms with Crippen molar-refractivity contribution in [2.24, 2.45) is 0 Å². The summed E-state index contributed by atoms with van der Waals surface area (Å²) in [7, 11) is 0. The van der Waals surface area contributed by atoms with Gasteiger partial charge in [0.15, 0.2) is 0 Å². The Balaban J connectivity index is 1.83. The van der Waals surface area contributed by atoms with Gasteiger partial charge in [-0.25, -0.2) is 9.97 Å². The number of nitrogens with one attached hydrogen (secondary N) is 1. The van der Waals surface area contributed by atoms with Gasteiger partial charge in [0.05, 0.1) is 17.8 Å². The first kappa shape index (κ1) is 14.1. The van der Waals surface area contributed by atoms with Crippen LogP contribution in [0.2, 0.25) is 0 Å². The lowest BCUT2D eigenvalue weighted by Crippen LogP contribution is -2.31. The Morgan fingerprint density at radius 3 is 2.91 bits per heavy atom. The molecule has 2 aromatic heterocycles. The molecule has 1 aliphatic rings. The minimum Gasteiger partial charge on any atom is -0.354 e. The number of benzene rings is 1. The number of carbonyl (C=O) groups is 1. The summed E-state index contributed by atoms with van der Waals surface area (Å²) >= 11 is 1.61. The fourth-order valence-electron chi connectivity index (χ4n) is 3.06. The van der Waals surface area contributed by atoms with Crippen molar-refractivity contribution in [1.82, 2.24) is 15.3 Å². The van der Waals surface area contributed by atoms with Gasteiger partial charge in [-0.3, -0.25) is 4.79 Å². The van der Waals surface area contributed by atoms with Gasteiger partial charge in [0.2, 0.25) is 5.91 Å². The van der Waals surface area contributed by atoms with Crippen molar-refractivity contribution < 1.29 is 4.79 Å². The van der Waals surface area contributed by atoms with Crippen molar-refractivity contribution in [3.63, 3.8) is 0 Å². The van der Waals surface area contributed by atoms with Crippen LogP contribution in [-0.4, -0.2) is 29.0 Å². The van der Waals surface area contributed by atoms with Crippen molar-refractivity contribution in [2.75, 3.05) is 18.0 Å². The molecule has 0 aliphatic carbocycles. The first-order valence-electron chi connectivity index (χ1n) is 7.59. The molecular weight excluding hydrogens is 308 g/mol. The molecule has 0 saturated carbocycles. The first-order valence-corrected chi connectivity index (χ1v) is 8.47. The predicted octanol–water partition coefficient (Wildman–Crippen LogP) is 2.76. The van der Waals surface area contributed by atoms with E-state index in [0.717, 1.165) is 28.1 Å².